The van der Waals surface area contributed by atoms with Crippen LogP contribution >= 0.6 is 0 Å². The molecule has 1 aromatic rings. The van der Waals surface area contributed by atoms with E-state index in [0.29, 0.717) is 44.2 Å². The van der Waals surface area contributed by atoms with Gasteiger partial charge in [0.05, 0.1) is 30.3 Å². The Kier molecular flexibility index (Phi) is 29.0. The number of hydrogen-bond acceptors (Lipinski definition) is 17. The summed E-state index contributed by atoms with van der Waals surface area (Å²) >= 11 is 0. The second-order valence-corrected chi connectivity index (χ2v) is 17.5. The highest BCUT2D eigenvalue weighted by atomic mass is 16.4. The normalized spacial score (nSPS) is 15.9. The summed E-state index contributed by atoms with van der Waals surface area (Å²) in [7, 11) is 0. The van der Waals surface area contributed by atoms with Crippen molar-refractivity contribution in [3.8, 4) is 6.07 Å². The smallest absolute Gasteiger partial charge is 0.352 e. The molecule has 0 radical (unpaired) electrons. The highest BCUT2D eigenvalue weighted by molar-refractivity contribution is 6.40. The summed E-state index contributed by atoms with van der Waals surface area (Å²) in [5, 5.41) is 44.7. The Morgan fingerprint density at radius 3 is 2.13 bits per heavy atom. The molecule has 1 aromatic carbocycles. The quantitative estimate of drug-likeness (QED) is 0.0135. The second kappa shape index (κ2) is 34.1. The van der Waals surface area contributed by atoms with E-state index >= 15 is 0 Å². The van der Waals surface area contributed by atoms with Crippen molar-refractivity contribution in [2.75, 3.05) is 45.8 Å². The zero-order valence-electron chi connectivity index (χ0n) is 42.3. The Bertz CT molecular complexity index is 2270. The number of nitrogens with two attached hydrogens (primary N) is 7. The molecule has 22 N–H and O–H groups in total. The molecule has 0 aliphatic carbocycles. The van der Waals surface area contributed by atoms with Gasteiger partial charge in [-0.1, -0.05) is 30.7 Å². The van der Waals surface area contributed by atoms with E-state index in [-0.39, 0.29) is 88.4 Å². The zero-order valence-corrected chi connectivity index (χ0v) is 42.3. The molecule has 8 amide bonds. The van der Waals surface area contributed by atoms with Crippen molar-refractivity contribution in [1.82, 2.24) is 36.8 Å². The number of amides is 8. The number of nitrogens with one attached hydrogen (secondary N) is 6. The maximum Gasteiger partial charge on any atom is 0.352 e. The third-order valence-corrected chi connectivity index (χ3v) is 11.7. The SMILES string of the molecule is C[C@H](NC(=O)[C@@H](NC(=O)[C@@H](N)CCCCN)[C@@H](O)CN)C(=O)NCC(=O)N=C(CCCN)C(=O)N1CCC[C@H]1C(=O)N[C@@H](Cc1ccccc1C#N)C(=O)N[C@@H](CCCCN)C(=O)N/C(=C\CCN=C(N)N)C(=O)O. The second-order valence-electron chi connectivity index (χ2n) is 17.5. The van der Waals surface area contributed by atoms with Crippen LogP contribution in [0.15, 0.2) is 46.0 Å². The van der Waals surface area contributed by atoms with E-state index < -0.39 is 114 Å². The lowest BCUT2D eigenvalue weighted by Crippen LogP contribution is -2.60. The van der Waals surface area contributed by atoms with Crippen LogP contribution in [0, 0.1) is 11.3 Å². The van der Waals surface area contributed by atoms with Crippen molar-refractivity contribution in [3.05, 3.63) is 47.2 Å². The molecule has 28 heteroatoms. The van der Waals surface area contributed by atoms with Gasteiger partial charge in [-0.05, 0) is 102 Å². The summed E-state index contributed by atoms with van der Waals surface area (Å²) in [4.78, 5) is 129. The minimum atomic E-state index is -1.58. The fourth-order valence-corrected chi connectivity index (χ4v) is 7.53. The number of likely N-dealkylation sites (tertiary alicyclic amines) is 1. The molecule has 0 unspecified atom stereocenters. The van der Waals surface area contributed by atoms with Crippen LogP contribution in [0.2, 0.25) is 0 Å². The first kappa shape index (κ1) is 63.7. The number of unbranched alkanes of at least 4 members (excludes halogenated alkanes) is 2. The predicted octanol–water partition coefficient (Wildman–Crippen LogP) is -5.47. The molecule has 1 saturated heterocycles. The van der Waals surface area contributed by atoms with E-state index in [1.165, 1.54) is 24.0 Å². The number of aliphatic hydroxyl groups excluding tert-OH is 1. The van der Waals surface area contributed by atoms with Gasteiger partial charge < -0.3 is 87.1 Å². The van der Waals surface area contributed by atoms with Crippen molar-refractivity contribution < 1.29 is 53.4 Å². The average molecular weight is 1050 g/mol. The van der Waals surface area contributed by atoms with Crippen molar-refractivity contribution in [1.29, 1.82) is 5.26 Å². The largest absolute Gasteiger partial charge is 0.477 e. The monoisotopic (exact) mass is 1050 g/mol. The molecule has 1 heterocycles. The maximum atomic E-state index is 14.3. The van der Waals surface area contributed by atoms with Crippen molar-refractivity contribution >= 4 is 64.9 Å². The fraction of sp³-hybridized carbons (Fsp3) is 0.574. The molecule has 1 aliphatic rings. The summed E-state index contributed by atoms with van der Waals surface area (Å²) < 4.78 is 0. The van der Waals surface area contributed by atoms with Crippen LogP contribution in [0.4, 0.5) is 0 Å². The number of hydrogen-bond donors (Lipinski definition) is 15. The maximum absolute atomic E-state index is 14.3. The van der Waals surface area contributed by atoms with Crippen LogP contribution in [-0.2, 0) is 49.6 Å². The third kappa shape index (κ3) is 22.3. The van der Waals surface area contributed by atoms with Gasteiger partial charge in [0, 0.05) is 26.1 Å². The van der Waals surface area contributed by atoms with Crippen molar-refractivity contribution in [2.45, 2.75) is 126 Å². The van der Waals surface area contributed by atoms with Crippen LogP contribution in [-0.4, -0.2) is 168 Å². The Morgan fingerprint density at radius 2 is 1.51 bits per heavy atom. The molecule has 75 heavy (non-hydrogen) atoms. The van der Waals surface area contributed by atoms with Crippen molar-refractivity contribution in [2.24, 2.45) is 50.1 Å². The lowest BCUT2D eigenvalue weighted by atomic mass is 9.99. The van der Waals surface area contributed by atoms with E-state index in [1.807, 2.05) is 6.07 Å². The molecule has 0 bridgehead atoms. The summed E-state index contributed by atoms with van der Waals surface area (Å²) in [5.41, 5.74) is 38.8. The van der Waals surface area contributed by atoms with Gasteiger partial charge in [0.15, 0.2) is 5.96 Å². The number of rotatable bonds is 33. The Balaban J connectivity index is 2.33. The number of carbonyl (C=O) groups excluding carboxylic acids is 8. The van der Waals surface area contributed by atoms with E-state index in [1.54, 1.807) is 18.2 Å². The number of carboxylic acids is 1. The number of nitriles is 1. The number of carbonyl (C=O) groups is 9. The topological polar surface area (TPSA) is 500 Å². The molecular formula is C47H75N17O11. The van der Waals surface area contributed by atoms with Gasteiger partial charge in [-0.2, -0.15) is 5.26 Å². The molecule has 414 valence electrons. The van der Waals surface area contributed by atoms with Crippen molar-refractivity contribution in [3.63, 3.8) is 0 Å². The van der Waals surface area contributed by atoms with Crippen LogP contribution in [0.3, 0.4) is 0 Å². The number of guanidine groups is 1. The first-order valence-electron chi connectivity index (χ1n) is 24.6. The van der Waals surface area contributed by atoms with Gasteiger partial charge in [-0.25, -0.2) is 9.79 Å². The van der Waals surface area contributed by atoms with Gasteiger partial charge >= 0.3 is 5.97 Å². The van der Waals surface area contributed by atoms with Gasteiger partial charge in [-0.15, -0.1) is 0 Å². The minimum absolute atomic E-state index is 0.00715. The summed E-state index contributed by atoms with van der Waals surface area (Å²) in [6.07, 6.45) is 2.12. The van der Waals surface area contributed by atoms with Crippen LogP contribution in [0.25, 0.3) is 0 Å². The Hall–Kier alpha value is -7.42. The molecule has 0 saturated carbocycles. The highest BCUT2D eigenvalue weighted by Gasteiger charge is 2.39. The lowest BCUT2D eigenvalue weighted by molar-refractivity contribution is -0.137. The first-order chi connectivity index (χ1) is 35.7. The number of nitrogens with zero attached hydrogens (tertiary/aromatic N) is 4. The minimum Gasteiger partial charge on any atom is -0.477 e. The van der Waals surface area contributed by atoms with E-state index in [9.17, 15) is 58.6 Å². The van der Waals surface area contributed by atoms with Gasteiger partial charge in [0.25, 0.3) is 11.8 Å². The summed E-state index contributed by atoms with van der Waals surface area (Å²) in [5.74, 6) is -8.64. The lowest BCUT2D eigenvalue weighted by Gasteiger charge is -2.28. The van der Waals surface area contributed by atoms with Crippen LogP contribution in [0.1, 0.15) is 88.7 Å². The predicted molar refractivity (Wildman–Crippen MR) is 275 cm³/mol. The Morgan fingerprint density at radius 1 is 0.840 bits per heavy atom. The molecule has 7 atom stereocenters. The number of aliphatic hydroxyl groups is 1. The molecule has 2 rings (SSSR count). The van der Waals surface area contributed by atoms with Crippen LogP contribution in [0.5, 0.6) is 0 Å². The number of carboxylic acid groups (broad SMARTS) is 1. The molecule has 0 spiro atoms. The first-order valence-corrected chi connectivity index (χ1v) is 24.6. The molecular weight excluding hydrogens is 979 g/mol. The molecule has 1 aliphatic heterocycles. The van der Waals surface area contributed by atoms with E-state index in [0.717, 1.165) is 0 Å². The van der Waals surface area contributed by atoms with Gasteiger partial charge in [0.2, 0.25) is 35.4 Å². The zero-order chi connectivity index (χ0) is 56.0. The highest BCUT2D eigenvalue weighted by Crippen LogP contribution is 2.20. The summed E-state index contributed by atoms with van der Waals surface area (Å²) in [6, 6.07) is 0.416. The average Bonchev–Trinajstić information content (AvgIpc) is 3.88. The number of aliphatic carboxylic acids is 1. The summed E-state index contributed by atoms with van der Waals surface area (Å²) in [6.45, 7) is 0.872. The fourth-order valence-electron chi connectivity index (χ4n) is 7.53. The third-order valence-electron chi connectivity index (χ3n) is 11.7. The van der Waals surface area contributed by atoms with Gasteiger partial charge in [-0.3, -0.25) is 43.3 Å². The molecule has 1 fully saturated rings. The number of benzene rings is 1. The van der Waals surface area contributed by atoms with E-state index in [4.69, 9.17) is 40.1 Å². The van der Waals surface area contributed by atoms with Gasteiger partial charge in [0.1, 0.15) is 41.6 Å². The van der Waals surface area contributed by atoms with E-state index in [2.05, 4.69) is 41.9 Å². The Labute approximate surface area is 434 Å². The molecule has 28 nitrogen and oxygen atoms in total. The van der Waals surface area contributed by atoms with Crippen LogP contribution < -0.4 is 72.0 Å². The molecule has 0 aromatic heterocycles. The number of aliphatic imine (C=N–C) groups is 2. The standard InChI is InChI=1S/C47H75N17O11/c1-27(58-44(72)38(36(65)25-52)63-40(68)30(53)13-4-6-18-48)39(67)57-26-37(66)59-32(15-8-20-50)45(73)64-22-10-17-35(64)43(71)62-34(23-28-11-2-3-12-29(28)24-51)42(70)60-31(14-5-7-19-49)41(69)61-33(46(74)75)16-9-21-56-47(54)55/h2-3,11-12,16,27,30-31,34-36,38,65H,4-10,13-15,17-23,25-26,48-50,52-53H2,1H3,(H,57,67)(H,58,72)(H,60,70)(H,61,69)(H,62,71)(H,63,68)(H,74,75)(H4,54,55,56)/b33-16-,59-32?/t27-,30-,31-,34-,35-,36-,38-/m0/s1.